The van der Waals surface area contributed by atoms with Crippen LogP contribution in [-0.2, 0) is 13.1 Å². The van der Waals surface area contributed by atoms with Gasteiger partial charge in [-0.1, -0.05) is 48.5 Å². The van der Waals surface area contributed by atoms with Crippen LogP contribution in [0.5, 0.6) is 0 Å². The van der Waals surface area contributed by atoms with Crippen molar-refractivity contribution < 1.29 is 4.79 Å². The average molecular weight is 333 g/mol. The van der Waals surface area contributed by atoms with Gasteiger partial charge in [-0.05, 0) is 48.1 Å². The van der Waals surface area contributed by atoms with Gasteiger partial charge in [0, 0.05) is 24.3 Å². The number of carbonyl (C=O) groups excluding carboxylic acids is 1. The first-order valence-corrected chi connectivity index (χ1v) is 8.32. The molecule has 0 spiro atoms. The third-order valence-corrected chi connectivity index (χ3v) is 4.23. The van der Waals surface area contributed by atoms with E-state index in [0.717, 1.165) is 17.8 Å². The van der Waals surface area contributed by atoms with Gasteiger partial charge in [-0.25, -0.2) is 0 Å². The summed E-state index contributed by atoms with van der Waals surface area (Å²) in [5.74, 6) is -0.412. The van der Waals surface area contributed by atoms with Crippen molar-refractivity contribution in [2.24, 2.45) is 5.73 Å². The number of amides is 1. The van der Waals surface area contributed by atoms with Crippen LogP contribution in [0.25, 0.3) is 10.8 Å². The van der Waals surface area contributed by atoms with E-state index in [9.17, 15) is 4.79 Å². The Hall–Kier alpha value is -2.85. The summed E-state index contributed by atoms with van der Waals surface area (Å²) in [6.45, 7) is 1.47. The molecule has 4 heteroatoms. The van der Waals surface area contributed by atoms with Gasteiger partial charge in [-0.3, -0.25) is 4.79 Å². The average Bonchev–Trinajstić information content (AvgIpc) is 2.60. The quantitative estimate of drug-likeness (QED) is 0.724. The van der Waals surface area contributed by atoms with E-state index >= 15 is 0 Å². The highest BCUT2D eigenvalue weighted by atomic mass is 16.1. The Kier molecular flexibility index (Phi) is 5.00. The van der Waals surface area contributed by atoms with Gasteiger partial charge >= 0.3 is 0 Å². The van der Waals surface area contributed by atoms with E-state index < -0.39 is 5.91 Å². The molecule has 3 aromatic carbocycles. The molecular formula is C21H23N3O. The van der Waals surface area contributed by atoms with Gasteiger partial charge in [0.1, 0.15) is 0 Å². The molecule has 0 aliphatic rings. The van der Waals surface area contributed by atoms with Crippen molar-refractivity contribution >= 4 is 22.4 Å². The van der Waals surface area contributed by atoms with Crippen LogP contribution in [0.15, 0.2) is 60.7 Å². The van der Waals surface area contributed by atoms with Crippen molar-refractivity contribution in [3.05, 3.63) is 77.4 Å². The molecule has 0 aliphatic heterocycles. The summed E-state index contributed by atoms with van der Waals surface area (Å²) in [6, 6.07) is 20.2. The number of nitrogens with zero attached hydrogens (tertiary/aromatic N) is 1. The lowest BCUT2D eigenvalue weighted by Gasteiger charge is -2.17. The number of nitrogens with one attached hydrogen (secondary N) is 1. The van der Waals surface area contributed by atoms with E-state index in [4.69, 9.17) is 5.73 Å². The van der Waals surface area contributed by atoms with Gasteiger partial charge in [0.05, 0.1) is 0 Å². The number of nitrogens with two attached hydrogens (primary N) is 1. The molecule has 0 saturated carbocycles. The monoisotopic (exact) mass is 333 g/mol. The minimum atomic E-state index is -0.412. The number of hydrogen-bond acceptors (Lipinski definition) is 3. The molecule has 0 fully saturated rings. The number of primary amides is 1. The second-order valence-corrected chi connectivity index (χ2v) is 6.47. The van der Waals surface area contributed by atoms with E-state index in [1.165, 1.54) is 16.3 Å². The first-order valence-electron chi connectivity index (χ1n) is 8.32. The molecular weight excluding hydrogens is 310 g/mol. The van der Waals surface area contributed by atoms with Crippen LogP contribution >= 0.6 is 0 Å². The molecule has 0 radical (unpaired) electrons. The topological polar surface area (TPSA) is 58.4 Å². The Balaban J connectivity index is 1.90. The van der Waals surface area contributed by atoms with Gasteiger partial charge in [0.2, 0.25) is 5.91 Å². The van der Waals surface area contributed by atoms with Crippen LogP contribution in [0.2, 0.25) is 0 Å². The standard InChI is InChI=1S/C21H23N3O/c1-24(2)14-18-11-10-16(21(22)25)12-20(18)23-13-17-8-5-7-15-6-3-4-9-19(15)17/h3-12,23H,13-14H2,1-2H3,(H2,22,25). The van der Waals surface area contributed by atoms with Crippen molar-refractivity contribution in [1.82, 2.24) is 4.90 Å². The lowest BCUT2D eigenvalue weighted by atomic mass is 10.0. The number of rotatable bonds is 6. The molecule has 3 rings (SSSR count). The Labute approximate surface area is 148 Å². The molecule has 1 amide bonds. The molecule has 0 heterocycles. The first-order chi connectivity index (χ1) is 12.0. The summed E-state index contributed by atoms with van der Waals surface area (Å²) < 4.78 is 0. The number of hydrogen-bond donors (Lipinski definition) is 2. The van der Waals surface area contributed by atoms with E-state index in [-0.39, 0.29) is 0 Å². The van der Waals surface area contributed by atoms with Gasteiger partial charge in [0.25, 0.3) is 0 Å². The van der Waals surface area contributed by atoms with Crippen LogP contribution in [-0.4, -0.2) is 24.9 Å². The number of carbonyl (C=O) groups is 1. The maximum Gasteiger partial charge on any atom is 0.248 e. The van der Waals surface area contributed by atoms with Crippen LogP contribution < -0.4 is 11.1 Å². The zero-order valence-corrected chi connectivity index (χ0v) is 14.6. The molecule has 0 unspecified atom stereocenters. The summed E-state index contributed by atoms with van der Waals surface area (Å²) in [5, 5.41) is 5.95. The molecule has 3 N–H and O–H groups in total. The second kappa shape index (κ2) is 7.36. The fraction of sp³-hybridized carbons (Fsp3) is 0.190. The summed E-state index contributed by atoms with van der Waals surface area (Å²) in [6.07, 6.45) is 0. The largest absolute Gasteiger partial charge is 0.381 e. The summed E-state index contributed by atoms with van der Waals surface area (Å²) in [7, 11) is 4.05. The zero-order valence-electron chi connectivity index (χ0n) is 14.6. The van der Waals surface area contributed by atoms with E-state index in [1.807, 2.05) is 32.3 Å². The van der Waals surface area contributed by atoms with Gasteiger partial charge in [0.15, 0.2) is 0 Å². The predicted molar refractivity (Wildman–Crippen MR) is 104 cm³/mol. The van der Waals surface area contributed by atoms with Crippen molar-refractivity contribution in [1.29, 1.82) is 0 Å². The summed E-state index contributed by atoms with van der Waals surface area (Å²) in [5.41, 5.74) is 9.25. The molecule has 0 aliphatic carbocycles. The van der Waals surface area contributed by atoms with Crippen molar-refractivity contribution in [3.8, 4) is 0 Å². The fourth-order valence-electron chi connectivity index (χ4n) is 3.01. The number of benzene rings is 3. The molecule has 4 nitrogen and oxygen atoms in total. The maximum absolute atomic E-state index is 11.5. The minimum Gasteiger partial charge on any atom is -0.381 e. The van der Waals surface area contributed by atoms with Crippen LogP contribution in [0.3, 0.4) is 0 Å². The molecule has 128 valence electrons. The summed E-state index contributed by atoms with van der Waals surface area (Å²) in [4.78, 5) is 13.6. The van der Waals surface area contributed by atoms with Gasteiger partial charge < -0.3 is 16.0 Å². The van der Waals surface area contributed by atoms with E-state index in [2.05, 4.69) is 46.6 Å². The van der Waals surface area contributed by atoms with E-state index in [0.29, 0.717) is 12.1 Å². The molecule has 0 aromatic heterocycles. The first kappa shape index (κ1) is 17.0. The fourth-order valence-corrected chi connectivity index (χ4v) is 3.01. The number of anilines is 1. The predicted octanol–water partition coefficient (Wildman–Crippen LogP) is 3.61. The lowest BCUT2D eigenvalue weighted by Crippen LogP contribution is -2.15. The number of fused-ring (bicyclic) bond motifs is 1. The smallest absolute Gasteiger partial charge is 0.248 e. The van der Waals surface area contributed by atoms with Crippen molar-refractivity contribution in [2.45, 2.75) is 13.1 Å². The molecule has 0 atom stereocenters. The van der Waals surface area contributed by atoms with Gasteiger partial charge in [-0.2, -0.15) is 0 Å². The van der Waals surface area contributed by atoms with Crippen LogP contribution in [0.1, 0.15) is 21.5 Å². The summed E-state index contributed by atoms with van der Waals surface area (Å²) >= 11 is 0. The normalized spacial score (nSPS) is 11.0. The highest BCUT2D eigenvalue weighted by Gasteiger charge is 2.09. The van der Waals surface area contributed by atoms with Crippen LogP contribution in [0.4, 0.5) is 5.69 Å². The Bertz CT molecular complexity index is 897. The SMILES string of the molecule is CN(C)Cc1ccc(C(N)=O)cc1NCc1cccc2ccccc12. The Morgan fingerprint density at radius 1 is 1.00 bits per heavy atom. The minimum absolute atomic E-state index is 0.412. The van der Waals surface area contributed by atoms with Gasteiger partial charge in [-0.15, -0.1) is 0 Å². The van der Waals surface area contributed by atoms with Crippen molar-refractivity contribution in [3.63, 3.8) is 0 Å². The van der Waals surface area contributed by atoms with Crippen LogP contribution in [0, 0.1) is 0 Å². The van der Waals surface area contributed by atoms with E-state index in [1.54, 1.807) is 6.07 Å². The Morgan fingerprint density at radius 3 is 2.52 bits per heavy atom. The molecule has 3 aromatic rings. The maximum atomic E-state index is 11.5. The highest BCUT2D eigenvalue weighted by molar-refractivity contribution is 5.94. The lowest BCUT2D eigenvalue weighted by molar-refractivity contribution is 0.100. The third-order valence-electron chi connectivity index (χ3n) is 4.23. The third kappa shape index (κ3) is 3.98. The highest BCUT2D eigenvalue weighted by Crippen LogP contribution is 2.23. The molecule has 0 saturated heterocycles. The zero-order chi connectivity index (χ0) is 17.8. The Morgan fingerprint density at radius 2 is 1.76 bits per heavy atom. The molecule has 0 bridgehead atoms. The van der Waals surface area contributed by atoms with Crippen molar-refractivity contribution in [2.75, 3.05) is 19.4 Å². The molecule has 25 heavy (non-hydrogen) atoms. The second-order valence-electron chi connectivity index (χ2n) is 6.47.